The molecule has 1 aromatic rings. The Kier molecular flexibility index (Phi) is 3.43. The fourth-order valence-electron chi connectivity index (χ4n) is 2.07. The van der Waals surface area contributed by atoms with Crippen LogP contribution in [0.4, 0.5) is 5.13 Å². The van der Waals surface area contributed by atoms with E-state index in [1.807, 2.05) is 12.3 Å². The Hall–Kier alpha value is -1.10. The maximum absolute atomic E-state index is 11.2. The van der Waals surface area contributed by atoms with Crippen molar-refractivity contribution in [1.29, 1.82) is 0 Å². The van der Waals surface area contributed by atoms with Crippen LogP contribution in [0.3, 0.4) is 0 Å². The second kappa shape index (κ2) is 4.82. The minimum Gasteiger partial charge on any atom is -0.462 e. The molecule has 1 aliphatic carbocycles. The van der Waals surface area contributed by atoms with Crippen LogP contribution in [0.2, 0.25) is 0 Å². The van der Waals surface area contributed by atoms with Gasteiger partial charge in [-0.05, 0) is 19.3 Å². The molecule has 2 unspecified atom stereocenters. The molecule has 2 atom stereocenters. The first-order chi connectivity index (χ1) is 7.69. The predicted molar refractivity (Wildman–Crippen MR) is 63.3 cm³/mol. The van der Waals surface area contributed by atoms with Gasteiger partial charge in [0.05, 0.1) is 5.69 Å². The van der Waals surface area contributed by atoms with E-state index in [-0.39, 0.29) is 12.1 Å². The van der Waals surface area contributed by atoms with E-state index in [2.05, 4.69) is 4.98 Å². The van der Waals surface area contributed by atoms with Gasteiger partial charge in [0.2, 0.25) is 0 Å². The van der Waals surface area contributed by atoms with Crippen LogP contribution in [0.5, 0.6) is 0 Å². The molecule has 0 saturated heterocycles. The number of aromatic nitrogens is 1. The highest BCUT2D eigenvalue weighted by molar-refractivity contribution is 7.13. The molecule has 5 heteroatoms. The molecular formula is C11H16N2O2S. The summed E-state index contributed by atoms with van der Waals surface area (Å²) in [5.74, 6) is 0.298. The Morgan fingerprint density at radius 1 is 1.69 bits per heavy atom. The maximum atomic E-state index is 11.2. The van der Waals surface area contributed by atoms with Crippen LogP contribution in [0.1, 0.15) is 44.2 Å². The molecule has 0 radical (unpaired) electrons. The largest absolute Gasteiger partial charge is 0.462 e. The van der Waals surface area contributed by atoms with Crippen molar-refractivity contribution < 1.29 is 9.53 Å². The zero-order chi connectivity index (χ0) is 11.5. The Morgan fingerprint density at radius 2 is 2.50 bits per heavy atom. The van der Waals surface area contributed by atoms with E-state index in [9.17, 15) is 4.79 Å². The predicted octanol–water partition coefficient (Wildman–Crippen LogP) is 2.31. The molecule has 4 nitrogen and oxygen atoms in total. The summed E-state index contributed by atoms with van der Waals surface area (Å²) in [6.45, 7) is 1.82. The van der Waals surface area contributed by atoms with Gasteiger partial charge in [0.1, 0.15) is 6.10 Å². The molecule has 0 spiro atoms. The topological polar surface area (TPSA) is 65.2 Å². The minimum atomic E-state index is -0.108. The van der Waals surface area contributed by atoms with Gasteiger partial charge in [0.15, 0.2) is 5.13 Å². The summed E-state index contributed by atoms with van der Waals surface area (Å²) in [5, 5.41) is 2.62. The highest BCUT2D eigenvalue weighted by Crippen LogP contribution is 2.36. The van der Waals surface area contributed by atoms with Crippen molar-refractivity contribution in [1.82, 2.24) is 4.98 Å². The van der Waals surface area contributed by atoms with Crippen molar-refractivity contribution in [2.45, 2.75) is 44.6 Å². The lowest BCUT2D eigenvalue weighted by Gasteiger charge is -2.11. The van der Waals surface area contributed by atoms with Gasteiger partial charge in [-0.1, -0.05) is 6.92 Å². The van der Waals surface area contributed by atoms with Crippen molar-refractivity contribution in [3.05, 3.63) is 11.1 Å². The molecule has 0 aromatic carbocycles. The van der Waals surface area contributed by atoms with Gasteiger partial charge >= 0.3 is 5.97 Å². The molecule has 1 fully saturated rings. The average Bonchev–Trinajstić information content (AvgIpc) is 2.87. The molecule has 1 saturated carbocycles. The first-order valence-electron chi connectivity index (χ1n) is 5.59. The zero-order valence-electron chi connectivity index (χ0n) is 9.31. The lowest BCUT2D eigenvalue weighted by molar-refractivity contribution is -0.148. The number of carbonyl (C=O) groups excluding carboxylic acids is 1. The van der Waals surface area contributed by atoms with Crippen molar-refractivity contribution in [3.8, 4) is 0 Å². The van der Waals surface area contributed by atoms with Crippen molar-refractivity contribution >= 4 is 22.4 Å². The molecule has 0 bridgehead atoms. The first-order valence-corrected chi connectivity index (χ1v) is 6.47. The van der Waals surface area contributed by atoms with Crippen molar-refractivity contribution in [3.63, 3.8) is 0 Å². The number of esters is 1. The molecular weight excluding hydrogens is 224 g/mol. The van der Waals surface area contributed by atoms with Crippen LogP contribution in [0, 0.1) is 0 Å². The van der Waals surface area contributed by atoms with Gasteiger partial charge in [-0.2, -0.15) is 0 Å². The third kappa shape index (κ3) is 2.52. The summed E-state index contributed by atoms with van der Waals surface area (Å²) in [7, 11) is 0. The van der Waals surface area contributed by atoms with E-state index in [4.69, 9.17) is 10.5 Å². The summed E-state index contributed by atoms with van der Waals surface area (Å²) >= 11 is 1.47. The number of nitrogens with zero attached hydrogens (tertiary/aromatic N) is 1. The lowest BCUT2D eigenvalue weighted by atomic mass is 10.1. The highest BCUT2D eigenvalue weighted by atomic mass is 32.1. The van der Waals surface area contributed by atoms with Gasteiger partial charge in [-0.3, -0.25) is 4.79 Å². The van der Waals surface area contributed by atoms with E-state index in [0.717, 1.165) is 25.0 Å². The van der Waals surface area contributed by atoms with E-state index in [0.29, 0.717) is 17.5 Å². The molecule has 0 amide bonds. The van der Waals surface area contributed by atoms with Crippen LogP contribution >= 0.6 is 11.3 Å². The third-order valence-corrected chi connectivity index (χ3v) is 3.62. The summed E-state index contributed by atoms with van der Waals surface area (Å²) < 4.78 is 5.32. The number of nitrogens with two attached hydrogens (primary N) is 1. The quantitative estimate of drug-likeness (QED) is 0.823. The highest BCUT2D eigenvalue weighted by Gasteiger charge is 2.29. The summed E-state index contributed by atoms with van der Waals surface area (Å²) in [5.41, 5.74) is 6.66. The fraction of sp³-hybridized carbons (Fsp3) is 0.636. The number of anilines is 1. The monoisotopic (exact) mass is 240 g/mol. The van der Waals surface area contributed by atoms with Crippen LogP contribution in [-0.2, 0) is 9.53 Å². The Bertz CT molecular complexity index is 378. The standard InChI is InChI=1S/C11H16N2O2S/c1-2-10(14)15-8-4-3-7(5-8)9-6-16-11(12)13-9/h6-8H,2-5H2,1H3,(H2,12,13). The normalized spacial score (nSPS) is 24.6. The summed E-state index contributed by atoms with van der Waals surface area (Å²) in [6, 6.07) is 0. The van der Waals surface area contributed by atoms with Crippen molar-refractivity contribution in [2.24, 2.45) is 0 Å². The van der Waals surface area contributed by atoms with Gasteiger partial charge < -0.3 is 10.5 Å². The smallest absolute Gasteiger partial charge is 0.305 e. The van der Waals surface area contributed by atoms with E-state index in [1.165, 1.54) is 11.3 Å². The van der Waals surface area contributed by atoms with Crippen LogP contribution in [0.25, 0.3) is 0 Å². The second-order valence-electron chi connectivity index (χ2n) is 4.09. The summed E-state index contributed by atoms with van der Waals surface area (Å²) in [4.78, 5) is 15.4. The van der Waals surface area contributed by atoms with Crippen LogP contribution in [0.15, 0.2) is 5.38 Å². The van der Waals surface area contributed by atoms with Crippen LogP contribution < -0.4 is 5.73 Å². The molecule has 16 heavy (non-hydrogen) atoms. The maximum Gasteiger partial charge on any atom is 0.305 e. The molecule has 2 N–H and O–H groups in total. The van der Waals surface area contributed by atoms with Gasteiger partial charge in [0, 0.05) is 17.7 Å². The molecule has 1 aliphatic rings. The number of thiazole rings is 1. The molecule has 1 heterocycles. The minimum absolute atomic E-state index is 0.0698. The number of rotatable bonds is 3. The van der Waals surface area contributed by atoms with Crippen molar-refractivity contribution in [2.75, 3.05) is 5.73 Å². The number of nitrogen functional groups attached to an aromatic ring is 1. The van der Waals surface area contributed by atoms with Crippen LogP contribution in [-0.4, -0.2) is 17.1 Å². The summed E-state index contributed by atoms with van der Waals surface area (Å²) in [6.07, 6.45) is 3.37. The lowest BCUT2D eigenvalue weighted by Crippen LogP contribution is -2.14. The molecule has 88 valence electrons. The Balaban J connectivity index is 1.90. The Morgan fingerprint density at radius 3 is 3.12 bits per heavy atom. The number of hydrogen-bond acceptors (Lipinski definition) is 5. The number of ether oxygens (including phenoxy) is 1. The van der Waals surface area contributed by atoms with E-state index >= 15 is 0 Å². The average molecular weight is 240 g/mol. The second-order valence-corrected chi connectivity index (χ2v) is 4.98. The van der Waals surface area contributed by atoms with Gasteiger partial charge in [-0.25, -0.2) is 4.98 Å². The first kappa shape index (κ1) is 11.4. The number of hydrogen-bond donors (Lipinski definition) is 1. The van der Waals surface area contributed by atoms with E-state index in [1.54, 1.807) is 0 Å². The molecule has 0 aliphatic heterocycles. The fourth-order valence-corrected chi connectivity index (χ4v) is 2.72. The zero-order valence-corrected chi connectivity index (χ0v) is 10.1. The van der Waals surface area contributed by atoms with E-state index < -0.39 is 0 Å². The Labute approximate surface area is 98.8 Å². The molecule has 1 aromatic heterocycles. The van der Waals surface area contributed by atoms with Gasteiger partial charge in [0.25, 0.3) is 0 Å². The molecule has 2 rings (SSSR count). The van der Waals surface area contributed by atoms with Gasteiger partial charge in [-0.15, -0.1) is 11.3 Å². The number of carbonyl (C=O) groups is 1. The third-order valence-electron chi connectivity index (χ3n) is 2.93. The SMILES string of the molecule is CCC(=O)OC1CCC(c2csc(N)n2)C1.